The summed E-state index contributed by atoms with van der Waals surface area (Å²) in [5.41, 5.74) is 1.23. The largest absolute Gasteiger partial charge is 0.484 e. The highest BCUT2D eigenvalue weighted by atomic mass is 35.5. The van der Waals surface area contributed by atoms with Crippen LogP contribution in [0.15, 0.2) is 42.5 Å². The third-order valence-corrected chi connectivity index (χ3v) is 5.35. The van der Waals surface area contributed by atoms with Crippen LogP contribution in [0.1, 0.15) is 15.9 Å². The standard InChI is InChI=1S/C21H22Cl2N2O5/c22-18-6-1-14(9-19(18)23)11-25-7-8-29-17(12-25)10-24-20(26)13-30-16-4-2-15(3-5-16)21(27)28/h1-6,9,17H,7-8,10-13H2,(H,24,26)(H,27,28). The molecule has 0 radical (unpaired) electrons. The van der Waals surface area contributed by atoms with Crippen LogP contribution in [-0.2, 0) is 16.1 Å². The summed E-state index contributed by atoms with van der Waals surface area (Å²) in [5.74, 6) is -0.862. The van der Waals surface area contributed by atoms with E-state index in [2.05, 4.69) is 10.2 Å². The summed E-state index contributed by atoms with van der Waals surface area (Å²) < 4.78 is 11.1. The van der Waals surface area contributed by atoms with Crippen molar-refractivity contribution in [2.75, 3.05) is 32.8 Å². The van der Waals surface area contributed by atoms with E-state index in [1.165, 1.54) is 24.3 Å². The Morgan fingerprint density at radius 3 is 2.63 bits per heavy atom. The second-order valence-electron chi connectivity index (χ2n) is 6.90. The Morgan fingerprint density at radius 1 is 1.17 bits per heavy atom. The van der Waals surface area contributed by atoms with Gasteiger partial charge in [0.1, 0.15) is 5.75 Å². The summed E-state index contributed by atoms with van der Waals surface area (Å²) in [7, 11) is 0. The zero-order chi connectivity index (χ0) is 21.5. The van der Waals surface area contributed by atoms with Crippen molar-refractivity contribution in [2.45, 2.75) is 12.6 Å². The van der Waals surface area contributed by atoms with Gasteiger partial charge in [-0.05, 0) is 42.0 Å². The average Bonchev–Trinajstić information content (AvgIpc) is 2.74. The first kappa shape index (κ1) is 22.4. The number of benzene rings is 2. The molecule has 1 heterocycles. The van der Waals surface area contributed by atoms with Gasteiger partial charge in [0.25, 0.3) is 5.91 Å². The first-order valence-electron chi connectivity index (χ1n) is 9.41. The molecular weight excluding hydrogens is 431 g/mol. The number of rotatable bonds is 8. The number of nitrogens with zero attached hydrogens (tertiary/aromatic N) is 1. The molecule has 0 saturated carbocycles. The predicted octanol–water partition coefficient (Wildman–Crippen LogP) is 3.09. The Labute approximate surface area is 184 Å². The Balaban J connectivity index is 1.40. The number of hydrogen-bond donors (Lipinski definition) is 2. The lowest BCUT2D eigenvalue weighted by molar-refractivity contribution is -0.124. The van der Waals surface area contributed by atoms with E-state index < -0.39 is 5.97 Å². The highest BCUT2D eigenvalue weighted by Gasteiger charge is 2.21. The van der Waals surface area contributed by atoms with Gasteiger partial charge in [-0.3, -0.25) is 9.69 Å². The summed E-state index contributed by atoms with van der Waals surface area (Å²) in [6, 6.07) is 11.5. The van der Waals surface area contributed by atoms with Crippen molar-refractivity contribution < 1.29 is 24.2 Å². The predicted molar refractivity (Wildman–Crippen MR) is 113 cm³/mol. The molecule has 0 spiro atoms. The summed E-state index contributed by atoms with van der Waals surface area (Å²) in [6.45, 7) is 2.98. The van der Waals surface area contributed by atoms with E-state index in [1.807, 2.05) is 12.1 Å². The average molecular weight is 453 g/mol. The fourth-order valence-electron chi connectivity index (χ4n) is 3.07. The summed E-state index contributed by atoms with van der Waals surface area (Å²) in [5, 5.41) is 12.7. The van der Waals surface area contributed by atoms with E-state index >= 15 is 0 Å². The number of nitrogens with one attached hydrogen (secondary N) is 1. The number of morpholine rings is 1. The van der Waals surface area contributed by atoms with E-state index in [-0.39, 0.29) is 24.2 Å². The molecule has 1 aliphatic heterocycles. The number of ether oxygens (including phenoxy) is 2. The molecule has 1 saturated heterocycles. The Bertz CT molecular complexity index is 891. The maximum absolute atomic E-state index is 12.0. The van der Waals surface area contributed by atoms with Gasteiger partial charge in [-0.15, -0.1) is 0 Å². The van der Waals surface area contributed by atoms with Crippen LogP contribution in [0.2, 0.25) is 10.0 Å². The molecule has 1 atom stereocenters. The molecule has 3 rings (SSSR count). The highest BCUT2D eigenvalue weighted by molar-refractivity contribution is 6.42. The second kappa shape index (κ2) is 10.6. The summed E-state index contributed by atoms with van der Waals surface area (Å²) >= 11 is 12.0. The minimum Gasteiger partial charge on any atom is -0.484 e. The van der Waals surface area contributed by atoms with Crippen LogP contribution in [0.25, 0.3) is 0 Å². The van der Waals surface area contributed by atoms with Crippen molar-refractivity contribution in [3.05, 3.63) is 63.6 Å². The third kappa shape index (κ3) is 6.60. The quantitative estimate of drug-likeness (QED) is 0.639. The minimum absolute atomic E-state index is 0.125. The molecule has 0 aliphatic carbocycles. The fraction of sp³-hybridized carbons (Fsp3) is 0.333. The number of carboxylic acids is 1. The van der Waals surface area contributed by atoms with Crippen LogP contribution in [-0.4, -0.2) is 60.8 Å². The lowest BCUT2D eigenvalue weighted by Gasteiger charge is -2.33. The summed E-state index contributed by atoms with van der Waals surface area (Å²) in [4.78, 5) is 25.1. The van der Waals surface area contributed by atoms with Gasteiger partial charge in [0.15, 0.2) is 6.61 Å². The lowest BCUT2D eigenvalue weighted by Crippen LogP contribution is -2.47. The topological polar surface area (TPSA) is 88.1 Å². The fourth-order valence-corrected chi connectivity index (χ4v) is 3.39. The van der Waals surface area contributed by atoms with Crippen LogP contribution in [0.3, 0.4) is 0 Å². The van der Waals surface area contributed by atoms with E-state index in [1.54, 1.807) is 6.07 Å². The minimum atomic E-state index is -1.01. The normalized spacial score (nSPS) is 16.8. The van der Waals surface area contributed by atoms with Crippen molar-refractivity contribution in [1.29, 1.82) is 0 Å². The molecule has 7 nitrogen and oxygen atoms in total. The van der Waals surface area contributed by atoms with Gasteiger partial charge < -0.3 is 19.9 Å². The highest BCUT2D eigenvalue weighted by Crippen LogP contribution is 2.23. The number of carbonyl (C=O) groups excluding carboxylic acids is 1. The van der Waals surface area contributed by atoms with Crippen LogP contribution in [0.4, 0.5) is 0 Å². The van der Waals surface area contributed by atoms with Gasteiger partial charge in [0.2, 0.25) is 0 Å². The molecule has 2 aromatic rings. The van der Waals surface area contributed by atoms with Gasteiger partial charge in [-0.2, -0.15) is 0 Å². The number of amides is 1. The van der Waals surface area contributed by atoms with Crippen molar-refractivity contribution in [2.24, 2.45) is 0 Å². The molecular formula is C21H22Cl2N2O5. The molecule has 2 aromatic carbocycles. The maximum Gasteiger partial charge on any atom is 0.335 e. The van der Waals surface area contributed by atoms with Gasteiger partial charge in [-0.1, -0.05) is 29.3 Å². The Morgan fingerprint density at radius 2 is 1.93 bits per heavy atom. The number of carbonyl (C=O) groups is 2. The van der Waals surface area contributed by atoms with Gasteiger partial charge in [-0.25, -0.2) is 4.79 Å². The molecule has 1 unspecified atom stereocenters. The monoisotopic (exact) mass is 452 g/mol. The SMILES string of the molecule is O=C(COc1ccc(C(=O)O)cc1)NCC1CN(Cc2ccc(Cl)c(Cl)c2)CCO1. The first-order valence-corrected chi connectivity index (χ1v) is 10.2. The molecule has 9 heteroatoms. The van der Waals surface area contributed by atoms with Crippen molar-refractivity contribution >= 4 is 35.1 Å². The number of aromatic carboxylic acids is 1. The van der Waals surface area contributed by atoms with E-state index in [0.717, 1.165) is 18.7 Å². The number of halogens is 2. The van der Waals surface area contributed by atoms with Crippen LogP contribution >= 0.6 is 23.2 Å². The van der Waals surface area contributed by atoms with E-state index in [9.17, 15) is 9.59 Å². The van der Waals surface area contributed by atoms with Crippen LogP contribution in [0.5, 0.6) is 5.75 Å². The van der Waals surface area contributed by atoms with E-state index in [4.69, 9.17) is 37.8 Å². The summed E-state index contributed by atoms with van der Waals surface area (Å²) in [6.07, 6.45) is -0.125. The Hall–Kier alpha value is -2.32. The Kier molecular flexibility index (Phi) is 7.93. The molecule has 2 N–H and O–H groups in total. The zero-order valence-electron chi connectivity index (χ0n) is 16.1. The van der Waals surface area contributed by atoms with Gasteiger partial charge in [0, 0.05) is 26.2 Å². The first-order chi connectivity index (χ1) is 14.4. The molecule has 0 bridgehead atoms. The van der Waals surface area contributed by atoms with Crippen LogP contribution in [0, 0.1) is 0 Å². The van der Waals surface area contributed by atoms with E-state index in [0.29, 0.717) is 35.5 Å². The zero-order valence-corrected chi connectivity index (χ0v) is 17.7. The maximum atomic E-state index is 12.0. The molecule has 1 aliphatic rings. The van der Waals surface area contributed by atoms with Gasteiger partial charge in [0.05, 0.1) is 28.3 Å². The number of carboxylic acid groups (broad SMARTS) is 1. The number of hydrogen-bond acceptors (Lipinski definition) is 5. The van der Waals surface area contributed by atoms with Crippen molar-refractivity contribution in [3.8, 4) is 5.75 Å². The van der Waals surface area contributed by atoms with Crippen molar-refractivity contribution in [1.82, 2.24) is 10.2 Å². The van der Waals surface area contributed by atoms with Crippen molar-refractivity contribution in [3.63, 3.8) is 0 Å². The third-order valence-electron chi connectivity index (χ3n) is 4.61. The molecule has 0 aromatic heterocycles. The second-order valence-corrected chi connectivity index (χ2v) is 7.71. The van der Waals surface area contributed by atoms with Gasteiger partial charge >= 0.3 is 5.97 Å². The molecule has 1 fully saturated rings. The molecule has 1 amide bonds. The smallest absolute Gasteiger partial charge is 0.335 e. The van der Waals surface area contributed by atoms with Crippen LogP contribution < -0.4 is 10.1 Å². The lowest BCUT2D eigenvalue weighted by atomic mass is 10.2. The molecule has 30 heavy (non-hydrogen) atoms. The molecule has 160 valence electrons.